The molecule has 112 valence electrons. The molecule has 0 saturated heterocycles. The Hall–Kier alpha value is -0.818. The molecule has 0 unspecified atom stereocenters. The van der Waals surface area contributed by atoms with Gasteiger partial charge in [-0.15, -0.1) is 0 Å². The quantitative estimate of drug-likeness (QED) is 0.773. The Morgan fingerprint density at radius 3 is 2.05 bits per heavy atom. The van der Waals surface area contributed by atoms with Crippen molar-refractivity contribution in [2.24, 2.45) is 0 Å². The number of benzene rings is 1. The maximum atomic E-state index is 9.71. The summed E-state index contributed by atoms with van der Waals surface area (Å²) in [5, 5.41) is 19.4. The summed E-state index contributed by atoms with van der Waals surface area (Å²) in [4.78, 5) is 0. The maximum absolute atomic E-state index is 9.71. The van der Waals surface area contributed by atoms with Gasteiger partial charge in [-0.1, -0.05) is 20.8 Å². The van der Waals surface area contributed by atoms with Gasteiger partial charge in [-0.25, -0.2) is 0 Å². The van der Waals surface area contributed by atoms with Crippen LogP contribution in [0, 0.1) is 13.8 Å². The molecule has 6 heteroatoms. The van der Waals surface area contributed by atoms with Crippen LogP contribution < -0.4 is 10.2 Å². The third-order valence-corrected chi connectivity index (χ3v) is 3.96. The first-order valence-corrected chi connectivity index (χ1v) is 7.53. The average molecular weight is 296 g/mol. The van der Waals surface area contributed by atoms with E-state index in [1.54, 1.807) is 7.11 Å². The fourth-order valence-corrected chi connectivity index (χ4v) is 3.11. The fraction of sp³-hybridized carbons (Fsp3) is 0.571. The molecule has 0 saturated carbocycles. The van der Waals surface area contributed by atoms with Gasteiger partial charge >= 0.3 is 7.12 Å². The van der Waals surface area contributed by atoms with Gasteiger partial charge in [0.1, 0.15) is 16.2 Å². The molecule has 0 aliphatic carbocycles. The zero-order valence-electron chi connectivity index (χ0n) is 13.5. The molecule has 1 aromatic rings. The van der Waals surface area contributed by atoms with Gasteiger partial charge in [-0.3, -0.25) is 0 Å². The van der Waals surface area contributed by atoms with E-state index in [0.29, 0.717) is 28.3 Å². The highest BCUT2D eigenvalue weighted by Crippen LogP contribution is 2.37. The number of hydrogen-bond donors (Lipinski definition) is 2. The van der Waals surface area contributed by atoms with Crippen molar-refractivity contribution >= 4 is 23.1 Å². The lowest BCUT2D eigenvalue weighted by Crippen LogP contribution is -2.38. The maximum Gasteiger partial charge on any atom is 0.489 e. The standard InChI is InChI=1S/C14H25BO4Si/c1-8-9(2)12(15(16)17)10(7-19-20)13(18-6)11(8)14(3,4)5/h16-17H,7H2,1-6,20H3. The molecule has 2 N–H and O–H groups in total. The highest BCUT2D eigenvalue weighted by molar-refractivity contribution is 6.60. The Balaban J connectivity index is 3.82. The highest BCUT2D eigenvalue weighted by atomic mass is 28.2. The number of methoxy groups -OCH3 is 1. The highest BCUT2D eigenvalue weighted by Gasteiger charge is 2.31. The van der Waals surface area contributed by atoms with E-state index in [1.165, 1.54) is 0 Å². The van der Waals surface area contributed by atoms with Crippen molar-refractivity contribution in [3.05, 3.63) is 22.3 Å². The van der Waals surface area contributed by atoms with Gasteiger partial charge < -0.3 is 19.2 Å². The van der Waals surface area contributed by atoms with Crippen LogP contribution in [-0.4, -0.2) is 34.8 Å². The molecule has 0 fully saturated rings. The second kappa shape index (κ2) is 6.30. The topological polar surface area (TPSA) is 58.9 Å². The zero-order chi connectivity index (χ0) is 15.7. The van der Waals surface area contributed by atoms with Crippen molar-refractivity contribution in [1.29, 1.82) is 0 Å². The van der Waals surface area contributed by atoms with Crippen LogP contribution in [-0.2, 0) is 16.4 Å². The predicted molar refractivity (Wildman–Crippen MR) is 85.7 cm³/mol. The fourth-order valence-electron chi connectivity index (χ4n) is 2.82. The summed E-state index contributed by atoms with van der Waals surface area (Å²) in [6.07, 6.45) is 0. The SMILES string of the molecule is COc1c(CO[SiH3])c(B(O)O)c(C)c(C)c1C(C)(C)C. The minimum atomic E-state index is -1.52. The zero-order valence-corrected chi connectivity index (χ0v) is 15.5. The Kier molecular flexibility index (Phi) is 5.43. The number of rotatable bonds is 4. The Bertz CT molecular complexity index is 495. The van der Waals surface area contributed by atoms with E-state index in [-0.39, 0.29) is 5.41 Å². The minimum Gasteiger partial charge on any atom is -0.496 e. The molecule has 4 nitrogen and oxygen atoms in total. The van der Waals surface area contributed by atoms with Gasteiger partial charge in [0, 0.05) is 11.1 Å². The lowest BCUT2D eigenvalue weighted by atomic mass is 9.69. The van der Waals surface area contributed by atoms with Crippen LogP contribution >= 0.6 is 0 Å². The van der Waals surface area contributed by atoms with E-state index in [9.17, 15) is 10.0 Å². The van der Waals surface area contributed by atoms with Gasteiger partial charge in [0.15, 0.2) is 0 Å². The molecule has 1 rings (SSSR count). The summed E-state index contributed by atoms with van der Waals surface area (Å²) in [5.74, 6) is 0.708. The Labute approximate surface area is 124 Å². The number of ether oxygens (including phenoxy) is 1. The minimum absolute atomic E-state index is 0.0982. The van der Waals surface area contributed by atoms with Crippen LogP contribution in [0.15, 0.2) is 0 Å². The van der Waals surface area contributed by atoms with Crippen LogP contribution in [0.3, 0.4) is 0 Å². The van der Waals surface area contributed by atoms with Crippen molar-refractivity contribution in [3.63, 3.8) is 0 Å². The van der Waals surface area contributed by atoms with E-state index in [4.69, 9.17) is 9.16 Å². The average Bonchev–Trinajstić information content (AvgIpc) is 2.31. The summed E-state index contributed by atoms with van der Waals surface area (Å²) in [5.41, 5.74) is 4.16. The van der Waals surface area contributed by atoms with Gasteiger partial charge in [0.05, 0.1) is 13.7 Å². The van der Waals surface area contributed by atoms with Gasteiger partial charge in [0.25, 0.3) is 0 Å². The smallest absolute Gasteiger partial charge is 0.489 e. The van der Waals surface area contributed by atoms with Crippen LogP contribution in [0.5, 0.6) is 5.75 Å². The third-order valence-electron chi connectivity index (χ3n) is 3.67. The summed E-state index contributed by atoms with van der Waals surface area (Å²) < 4.78 is 11.0. The summed E-state index contributed by atoms with van der Waals surface area (Å²) in [7, 11) is 0.672. The molecule has 0 aliphatic rings. The van der Waals surface area contributed by atoms with Crippen LogP contribution in [0.25, 0.3) is 0 Å². The van der Waals surface area contributed by atoms with E-state index in [2.05, 4.69) is 20.8 Å². The molecule has 0 atom stereocenters. The lowest BCUT2D eigenvalue weighted by molar-refractivity contribution is 0.320. The lowest BCUT2D eigenvalue weighted by Gasteiger charge is -2.29. The molecule has 20 heavy (non-hydrogen) atoms. The van der Waals surface area contributed by atoms with Gasteiger partial charge in [0.2, 0.25) is 0 Å². The van der Waals surface area contributed by atoms with Crippen LogP contribution in [0.1, 0.15) is 43.0 Å². The molecule has 0 amide bonds. The molecule has 1 aromatic carbocycles. The van der Waals surface area contributed by atoms with Gasteiger partial charge in [-0.2, -0.15) is 0 Å². The molecule has 0 radical (unpaired) electrons. The normalized spacial score (nSPS) is 11.8. The third kappa shape index (κ3) is 3.09. The number of hydrogen-bond acceptors (Lipinski definition) is 4. The molecule has 0 bridgehead atoms. The first-order chi connectivity index (χ1) is 9.16. The summed E-state index contributed by atoms with van der Waals surface area (Å²) >= 11 is 0. The van der Waals surface area contributed by atoms with Crippen molar-refractivity contribution in [2.45, 2.75) is 46.6 Å². The largest absolute Gasteiger partial charge is 0.496 e. The van der Waals surface area contributed by atoms with E-state index >= 15 is 0 Å². The molecule has 0 aliphatic heterocycles. The second-order valence-electron chi connectivity index (χ2n) is 6.11. The first kappa shape index (κ1) is 17.2. The van der Waals surface area contributed by atoms with E-state index in [1.807, 2.05) is 13.8 Å². The van der Waals surface area contributed by atoms with Gasteiger partial charge in [-0.05, 0) is 35.9 Å². The molecule has 0 heterocycles. The predicted octanol–water partition coefficient (Wildman–Crippen LogP) is 0.0863. The Morgan fingerprint density at radius 2 is 1.70 bits per heavy atom. The summed E-state index contributed by atoms with van der Waals surface area (Å²) in [6.45, 7) is 10.6. The van der Waals surface area contributed by atoms with E-state index in [0.717, 1.165) is 22.3 Å². The summed E-state index contributed by atoms with van der Waals surface area (Å²) in [6, 6.07) is 0. The molecule has 0 spiro atoms. The van der Waals surface area contributed by atoms with Crippen molar-refractivity contribution in [1.82, 2.24) is 0 Å². The molecule has 0 aromatic heterocycles. The monoisotopic (exact) mass is 296 g/mol. The van der Waals surface area contributed by atoms with Crippen molar-refractivity contribution < 1.29 is 19.2 Å². The van der Waals surface area contributed by atoms with Crippen LogP contribution in [0.4, 0.5) is 0 Å². The molecular weight excluding hydrogens is 271 g/mol. The van der Waals surface area contributed by atoms with E-state index < -0.39 is 7.12 Å². The van der Waals surface area contributed by atoms with Crippen molar-refractivity contribution in [2.75, 3.05) is 7.11 Å². The molecular formula is C14H25BO4Si. The Morgan fingerprint density at radius 1 is 1.15 bits per heavy atom. The van der Waals surface area contributed by atoms with Crippen molar-refractivity contribution in [3.8, 4) is 5.75 Å². The second-order valence-corrected chi connectivity index (χ2v) is 6.68. The van der Waals surface area contributed by atoms with Crippen LogP contribution in [0.2, 0.25) is 0 Å². The first-order valence-electron chi connectivity index (χ1n) is 6.72.